The molecule has 0 bridgehead atoms. The Labute approximate surface area is 166 Å². The number of benzene rings is 1. The van der Waals surface area contributed by atoms with Crippen LogP contribution >= 0.6 is 0 Å². The molecule has 9 heteroatoms. The normalized spacial score (nSPS) is 11.2. The van der Waals surface area contributed by atoms with Crippen LogP contribution < -0.4 is 5.32 Å². The lowest BCUT2D eigenvalue weighted by Gasteiger charge is -2.09. The summed E-state index contributed by atoms with van der Waals surface area (Å²) in [5, 5.41) is 19.7. The number of hydrogen-bond acceptors (Lipinski definition) is 5. The van der Waals surface area contributed by atoms with E-state index in [2.05, 4.69) is 25.7 Å². The molecule has 0 radical (unpaired) electrons. The van der Waals surface area contributed by atoms with Gasteiger partial charge in [0.15, 0.2) is 11.5 Å². The molecule has 0 fully saturated rings. The first-order chi connectivity index (χ1) is 13.9. The van der Waals surface area contributed by atoms with E-state index in [1.54, 1.807) is 22.2 Å². The molecule has 1 N–H and O–H groups in total. The molecule has 0 aliphatic rings. The van der Waals surface area contributed by atoms with Gasteiger partial charge in [-0.25, -0.2) is 9.07 Å². The number of nitrogens with zero attached hydrogens (tertiary/aromatic N) is 6. The number of nitrogens with one attached hydrogen (secondary N) is 1. The molecule has 0 saturated heterocycles. The second-order valence-electron chi connectivity index (χ2n) is 6.89. The van der Waals surface area contributed by atoms with Gasteiger partial charge in [-0.15, -0.1) is 15.3 Å². The van der Waals surface area contributed by atoms with Crippen LogP contribution in [0.5, 0.6) is 0 Å². The second-order valence-corrected chi connectivity index (χ2v) is 6.89. The van der Waals surface area contributed by atoms with Gasteiger partial charge in [-0.05, 0) is 68.7 Å². The highest BCUT2D eigenvalue weighted by atomic mass is 19.1. The summed E-state index contributed by atoms with van der Waals surface area (Å²) in [5.74, 6) is 0.197. The zero-order chi connectivity index (χ0) is 20.5. The fraction of sp³-hybridized carbons (Fsp3) is 0.250. The average molecular weight is 393 g/mol. The van der Waals surface area contributed by atoms with E-state index in [-0.39, 0.29) is 11.7 Å². The van der Waals surface area contributed by atoms with Gasteiger partial charge < -0.3 is 5.32 Å². The minimum absolute atomic E-state index is 0.129. The highest BCUT2D eigenvalue weighted by Crippen LogP contribution is 2.20. The molecule has 4 aromatic rings. The van der Waals surface area contributed by atoms with Crippen LogP contribution in [-0.2, 0) is 11.2 Å². The highest BCUT2D eigenvalue weighted by Gasteiger charge is 2.16. The van der Waals surface area contributed by atoms with E-state index in [4.69, 9.17) is 0 Å². The number of halogens is 1. The Hall–Kier alpha value is -3.62. The number of rotatable bonds is 5. The SMILES string of the molecule is Cc1cc(F)ccc1NC(=O)CCc1c(C)nn(-c2ccc3nncn3n2)c1C. The van der Waals surface area contributed by atoms with Crippen LogP contribution in [0, 0.1) is 26.6 Å². The number of carbonyl (C=O) groups is 1. The van der Waals surface area contributed by atoms with Crippen LogP contribution in [-0.4, -0.2) is 35.5 Å². The molecule has 3 aromatic heterocycles. The summed E-state index contributed by atoms with van der Waals surface area (Å²) in [7, 11) is 0. The van der Waals surface area contributed by atoms with Crippen molar-refractivity contribution in [3.8, 4) is 5.82 Å². The van der Waals surface area contributed by atoms with Gasteiger partial charge in [0.1, 0.15) is 12.1 Å². The quantitative estimate of drug-likeness (QED) is 0.563. The number of anilines is 1. The minimum atomic E-state index is -0.322. The number of hydrogen-bond donors (Lipinski definition) is 1. The van der Waals surface area contributed by atoms with Gasteiger partial charge in [0.05, 0.1) is 5.69 Å². The Morgan fingerprint density at radius 2 is 1.97 bits per heavy atom. The third-order valence-corrected chi connectivity index (χ3v) is 4.87. The molecule has 0 unspecified atom stereocenters. The standard InChI is InChI=1S/C20H20FN7O/c1-12-10-15(21)4-6-17(12)23-20(29)9-5-16-13(2)25-28(14(16)3)19-8-7-18-24-22-11-27(18)26-19/h4,6-8,10-11H,5,9H2,1-3H3,(H,23,29). The number of aromatic nitrogens is 6. The van der Waals surface area contributed by atoms with E-state index in [9.17, 15) is 9.18 Å². The van der Waals surface area contributed by atoms with Crippen molar-refractivity contribution in [2.75, 3.05) is 5.32 Å². The first kappa shape index (κ1) is 18.7. The van der Waals surface area contributed by atoms with Crippen molar-refractivity contribution in [3.63, 3.8) is 0 Å². The van der Waals surface area contributed by atoms with E-state index in [1.165, 1.54) is 18.5 Å². The average Bonchev–Trinajstić information content (AvgIpc) is 3.26. The molecule has 0 saturated carbocycles. The fourth-order valence-corrected chi connectivity index (χ4v) is 3.31. The van der Waals surface area contributed by atoms with Gasteiger partial charge in [0.25, 0.3) is 0 Å². The van der Waals surface area contributed by atoms with Crippen molar-refractivity contribution in [2.45, 2.75) is 33.6 Å². The molecule has 0 atom stereocenters. The van der Waals surface area contributed by atoms with Gasteiger partial charge in [0, 0.05) is 17.8 Å². The summed E-state index contributed by atoms with van der Waals surface area (Å²) in [4.78, 5) is 12.4. The number of carbonyl (C=O) groups excluding carboxylic acids is 1. The Kier molecular flexibility index (Phi) is 4.79. The second kappa shape index (κ2) is 7.42. The lowest BCUT2D eigenvalue weighted by molar-refractivity contribution is -0.116. The van der Waals surface area contributed by atoms with Gasteiger partial charge in [0.2, 0.25) is 5.91 Å². The van der Waals surface area contributed by atoms with E-state index in [0.29, 0.717) is 35.6 Å². The predicted octanol–water partition coefficient (Wildman–Crippen LogP) is 2.95. The lowest BCUT2D eigenvalue weighted by Crippen LogP contribution is -2.13. The highest BCUT2D eigenvalue weighted by molar-refractivity contribution is 5.91. The predicted molar refractivity (Wildman–Crippen MR) is 105 cm³/mol. The topological polar surface area (TPSA) is 90.0 Å². The van der Waals surface area contributed by atoms with Crippen molar-refractivity contribution < 1.29 is 9.18 Å². The molecule has 0 aliphatic carbocycles. The summed E-state index contributed by atoms with van der Waals surface area (Å²) in [6.45, 7) is 5.63. The van der Waals surface area contributed by atoms with Crippen LogP contribution in [0.3, 0.4) is 0 Å². The molecule has 1 aromatic carbocycles. The molecule has 0 aliphatic heterocycles. The molecule has 1 amide bonds. The maximum Gasteiger partial charge on any atom is 0.224 e. The molecule has 4 rings (SSSR count). The summed E-state index contributed by atoms with van der Waals surface area (Å²) < 4.78 is 16.6. The van der Waals surface area contributed by atoms with E-state index in [0.717, 1.165) is 17.0 Å². The van der Waals surface area contributed by atoms with Crippen LogP contribution in [0.4, 0.5) is 10.1 Å². The van der Waals surface area contributed by atoms with Crippen molar-refractivity contribution in [1.29, 1.82) is 0 Å². The zero-order valence-electron chi connectivity index (χ0n) is 16.3. The summed E-state index contributed by atoms with van der Waals surface area (Å²) in [6, 6.07) is 7.96. The molecular formula is C20H20FN7O. The van der Waals surface area contributed by atoms with E-state index in [1.807, 2.05) is 26.0 Å². The van der Waals surface area contributed by atoms with Crippen molar-refractivity contribution in [1.82, 2.24) is 29.6 Å². The number of amides is 1. The van der Waals surface area contributed by atoms with Crippen LogP contribution in [0.1, 0.15) is 28.9 Å². The first-order valence-electron chi connectivity index (χ1n) is 9.21. The number of fused-ring (bicyclic) bond motifs is 1. The molecular weight excluding hydrogens is 373 g/mol. The van der Waals surface area contributed by atoms with E-state index < -0.39 is 0 Å². The molecule has 8 nitrogen and oxygen atoms in total. The maximum atomic E-state index is 13.2. The van der Waals surface area contributed by atoms with Crippen molar-refractivity contribution >= 4 is 17.2 Å². The molecule has 3 heterocycles. The van der Waals surface area contributed by atoms with Gasteiger partial charge in [-0.3, -0.25) is 4.79 Å². The summed E-state index contributed by atoms with van der Waals surface area (Å²) >= 11 is 0. The molecule has 29 heavy (non-hydrogen) atoms. The first-order valence-corrected chi connectivity index (χ1v) is 9.21. The van der Waals surface area contributed by atoms with E-state index >= 15 is 0 Å². The summed E-state index contributed by atoms with van der Waals surface area (Å²) in [5.41, 5.74) is 4.73. The largest absolute Gasteiger partial charge is 0.326 e. The maximum absolute atomic E-state index is 13.2. The van der Waals surface area contributed by atoms with Gasteiger partial charge in [-0.1, -0.05) is 0 Å². The molecule has 0 spiro atoms. The summed E-state index contributed by atoms with van der Waals surface area (Å²) in [6.07, 6.45) is 2.37. The smallest absolute Gasteiger partial charge is 0.224 e. The van der Waals surface area contributed by atoms with Gasteiger partial charge in [-0.2, -0.15) is 9.61 Å². The monoisotopic (exact) mass is 393 g/mol. The third kappa shape index (κ3) is 3.71. The Bertz CT molecular complexity index is 1210. The number of aryl methyl sites for hydroxylation is 2. The van der Waals surface area contributed by atoms with Crippen molar-refractivity contribution in [2.24, 2.45) is 0 Å². The Balaban J connectivity index is 1.50. The zero-order valence-corrected chi connectivity index (χ0v) is 16.3. The lowest BCUT2D eigenvalue weighted by atomic mass is 10.1. The Morgan fingerprint density at radius 1 is 1.14 bits per heavy atom. The van der Waals surface area contributed by atoms with Crippen molar-refractivity contribution in [3.05, 3.63) is 65.0 Å². The fourth-order valence-electron chi connectivity index (χ4n) is 3.31. The van der Waals surface area contributed by atoms with Crippen LogP contribution in [0.2, 0.25) is 0 Å². The minimum Gasteiger partial charge on any atom is -0.326 e. The Morgan fingerprint density at radius 3 is 2.76 bits per heavy atom. The molecule has 148 valence electrons. The van der Waals surface area contributed by atoms with Crippen LogP contribution in [0.25, 0.3) is 11.5 Å². The van der Waals surface area contributed by atoms with Gasteiger partial charge >= 0.3 is 0 Å². The van der Waals surface area contributed by atoms with Crippen LogP contribution in [0.15, 0.2) is 36.7 Å². The third-order valence-electron chi connectivity index (χ3n) is 4.87.